The molecule has 0 aromatic heterocycles. The van der Waals surface area contributed by atoms with E-state index < -0.39 is 7.26 Å². The highest BCUT2D eigenvalue weighted by molar-refractivity contribution is 7.73. The van der Waals surface area contributed by atoms with Crippen LogP contribution in [0.1, 0.15) is 0 Å². The number of rotatable bonds is 2. The van der Waals surface area contributed by atoms with E-state index >= 15 is 0 Å². The third kappa shape index (κ3) is 9.84. The minimum Gasteiger partial charge on any atom is -1.00 e. The first-order valence-corrected chi connectivity index (χ1v) is 5.67. The summed E-state index contributed by atoms with van der Waals surface area (Å²) in [6, 6.07) is 0. The van der Waals surface area contributed by atoms with E-state index in [0.717, 1.165) is 6.35 Å². The molecule has 0 N–H and O–H groups in total. The molecule has 0 bridgehead atoms. The maximum Gasteiger partial charge on any atom is 0.155 e. The van der Waals surface area contributed by atoms with Gasteiger partial charge in [0.05, 0.1) is 20.0 Å². The Morgan fingerprint density at radius 1 is 1.25 bits per heavy atom. The van der Waals surface area contributed by atoms with Crippen LogP contribution in [0.3, 0.4) is 0 Å². The Hall–Kier alpha value is 0.680. The smallest absolute Gasteiger partial charge is 0.155 e. The van der Waals surface area contributed by atoms with E-state index in [2.05, 4.69) is 20.0 Å². The number of hydrogen-bond acceptors (Lipinski definition) is 1. The molecule has 0 saturated heterocycles. The summed E-state index contributed by atoms with van der Waals surface area (Å²) in [6.45, 7) is 6.78. The van der Waals surface area contributed by atoms with Crippen LogP contribution in [0.2, 0.25) is 0 Å². The van der Waals surface area contributed by atoms with Crippen LogP contribution in [0, 0.1) is 0 Å². The van der Waals surface area contributed by atoms with Gasteiger partial charge in [-0.3, -0.25) is 0 Å². The van der Waals surface area contributed by atoms with Gasteiger partial charge in [-0.2, -0.15) is 0 Å². The zero-order valence-electron chi connectivity index (χ0n) is 5.94. The average molecular weight is 157 g/mol. The molecule has 52 valence electrons. The Morgan fingerprint density at radius 3 is 1.62 bits per heavy atom. The molecule has 0 aliphatic heterocycles. The second-order valence-corrected chi connectivity index (χ2v) is 7.55. The average Bonchev–Trinajstić information content (AvgIpc) is 1.30. The maximum absolute atomic E-state index is 4.96. The van der Waals surface area contributed by atoms with Crippen LogP contribution < -0.4 is 12.4 Å². The molecule has 0 aromatic rings. The molecule has 8 heavy (non-hydrogen) atoms. The van der Waals surface area contributed by atoms with Gasteiger partial charge in [-0.1, -0.05) is 0 Å². The number of methoxy groups -OCH3 is 1. The van der Waals surface area contributed by atoms with E-state index in [1.165, 1.54) is 0 Å². The summed E-state index contributed by atoms with van der Waals surface area (Å²) in [7, 11) is 1.12. The van der Waals surface area contributed by atoms with Gasteiger partial charge in [0.2, 0.25) is 0 Å². The lowest BCUT2D eigenvalue weighted by atomic mass is 11.5. The highest BCUT2D eigenvalue weighted by Crippen LogP contribution is 2.45. The van der Waals surface area contributed by atoms with Crippen LogP contribution in [-0.2, 0) is 4.74 Å². The first-order valence-electron chi connectivity index (χ1n) is 2.35. The van der Waals surface area contributed by atoms with Crippen molar-refractivity contribution in [3.63, 3.8) is 0 Å². The minimum atomic E-state index is -0.638. The Kier molecular flexibility index (Phi) is 6.52. The molecule has 0 saturated carbocycles. The first-order chi connectivity index (χ1) is 3.06. The van der Waals surface area contributed by atoms with Gasteiger partial charge >= 0.3 is 0 Å². The highest BCUT2D eigenvalue weighted by Gasteiger charge is 2.14. The van der Waals surface area contributed by atoms with Crippen molar-refractivity contribution >= 4 is 7.26 Å². The van der Waals surface area contributed by atoms with E-state index in [4.69, 9.17) is 4.74 Å². The van der Waals surface area contributed by atoms with Gasteiger partial charge in [0.15, 0.2) is 6.35 Å². The van der Waals surface area contributed by atoms with Crippen LogP contribution >= 0.6 is 7.26 Å². The van der Waals surface area contributed by atoms with Crippen molar-refractivity contribution in [1.29, 1.82) is 0 Å². The second kappa shape index (κ2) is 4.55. The fourth-order valence-electron chi connectivity index (χ4n) is 0.387. The monoisotopic (exact) mass is 156 g/mol. The summed E-state index contributed by atoms with van der Waals surface area (Å²) in [5.41, 5.74) is 0. The quantitative estimate of drug-likeness (QED) is 0.443. The SMILES string of the molecule is COC[P+](C)(C)C.[Cl-]. The molecule has 0 spiro atoms. The van der Waals surface area contributed by atoms with Crippen molar-refractivity contribution in [3.05, 3.63) is 0 Å². The summed E-state index contributed by atoms with van der Waals surface area (Å²) in [6.07, 6.45) is 0.951. The van der Waals surface area contributed by atoms with Gasteiger partial charge in [0, 0.05) is 14.4 Å². The van der Waals surface area contributed by atoms with Gasteiger partial charge in [-0.05, 0) is 0 Å². The van der Waals surface area contributed by atoms with Crippen molar-refractivity contribution in [3.8, 4) is 0 Å². The molecule has 0 unspecified atom stereocenters. The van der Waals surface area contributed by atoms with E-state index in [0.29, 0.717) is 0 Å². The molecule has 0 amide bonds. The summed E-state index contributed by atoms with van der Waals surface area (Å²) in [5.74, 6) is 0. The van der Waals surface area contributed by atoms with Crippen LogP contribution in [0.25, 0.3) is 0 Å². The van der Waals surface area contributed by atoms with Crippen molar-refractivity contribution in [2.45, 2.75) is 0 Å². The summed E-state index contributed by atoms with van der Waals surface area (Å²) < 4.78 is 4.96. The van der Waals surface area contributed by atoms with Gasteiger partial charge in [0.1, 0.15) is 0 Å². The number of ether oxygens (including phenoxy) is 1. The minimum absolute atomic E-state index is 0. The molecule has 0 fully saturated rings. The second-order valence-electron chi connectivity index (χ2n) is 2.71. The van der Waals surface area contributed by atoms with Crippen molar-refractivity contribution < 1.29 is 17.1 Å². The summed E-state index contributed by atoms with van der Waals surface area (Å²) >= 11 is 0. The molecule has 0 heterocycles. The molecular weight excluding hydrogens is 142 g/mol. The highest BCUT2D eigenvalue weighted by atomic mass is 35.5. The lowest BCUT2D eigenvalue weighted by Gasteiger charge is -2.07. The molecule has 1 nitrogen and oxygen atoms in total. The molecular formula is C5H14ClOP. The Bertz CT molecular complexity index is 50.9. The molecule has 0 aliphatic carbocycles. The fourth-order valence-corrected chi connectivity index (χ4v) is 1.16. The molecule has 0 atom stereocenters. The van der Waals surface area contributed by atoms with E-state index in [-0.39, 0.29) is 12.4 Å². The van der Waals surface area contributed by atoms with Crippen molar-refractivity contribution in [2.75, 3.05) is 33.5 Å². The van der Waals surface area contributed by atoms with Gasteiger partial charge in [-0.25, -0.2) is 0 Å². The molecule has 0 radical (unpaired) electrons. The number of halogens is 1. The van der Waals surface area contributed by atoms with Crippen molar-refractivity contribution in [1.82, 2.24) is 0 Å². The lowest BCUT2D eigenvalue weighted by Crippen LogP contribution is -3.00. The number of hydrogen-bond donors (Lipinski definition) is 0. The van der Waals surface area contributed by atoms with Crippen LogP contribution in [0.4, 0.5) is 0 Å². The zero-order valence-corrected chi connectivity index (χ0v) is 7.59. The fraction of sp³-hybridized carbons (Fsp3) is 1.00. The van der Waals surface area contributed by atoms with Crippen LogP contribution in [0.5, 0.6) is 0 Å². The third-order valence-electron chi connectivity index (χ3n) is 0.516. The van der Waals surface area contributed by atoms with E-state index in [1.807, 2.05) is 0 Å². The molecule has 0 aliphatic rings. The summed E-state index contributed by atoms with van der Waals surface area (Å²) in [5, 5.41) is 0. The van der Waals surface area contributed by atoms with Crippen LogP contribution in [0.15, 0.2) is 0 Å². The predicted molar refractivity (Wildman–Crippen MR) is 36.6 cm³/mol. The normalized spacial score (nSPS) is 10.5. The predicted octanol–water partition coefficient (Wildman–Crippen LogP) is -1.50. The Labute approximate surface area is 58.6 Å². The van der Waals surface area contributed by atoms with E-state index in [1.54, 1.807) is 7.11 Å². The Balaban J connectivity index is 0. The first kappa shape index (κ1) is 11.5. The largest absolute Gasteiger partial charge is 1.00 e. The molecule has 0 rings (SSSR count). The maximum atomic E-state index is 4.96. The standard InChI is InChI=1S/C5H14OP.ClH/c1-6-5-7(2,3)4;/h5H2,1-4H3;1H/q+1;/p-1. The van der Waals surface area contributed by atoms with Crippen LogP contribution in [-0.4, -0.2) is 33.5 Å². The van der Waals surface area contributed by atoms with Gasteiger partial charge in [-0.15, -0.1) is 0 Å². The van der Waals surface area contributed by atoms with E-state index in [9.17, 15) is 0 Å². The topological polar surface area (TPSA) is 9.23 Å². The third-order valence-corrected chi connectivity index (χ3v) is 1.55. The Morgan fingerprint density at radius 2 is 1.62 bits per heavy atom. The van der Waals surface area contributed by atoms with Gasteiger partial charge in [0.25, 0.3) is 0 Å². The lowest BCUT2D eigenvalue weighted by molar-refractivity contribution is -0.00000203. The van der Waals surface area contributed by atoms with Crippen molar-refractivity contribution in [2.24, 2.45) is 0 Å². The summed E-state index contributed by atoms with van der Waals surface area (Å²) in [4.78, 5) is 0. The van der Waals surface area contributed by atoms with Gasteiger partial charge < -0.3 is 17.1 Å². The molecule has 3 heteroatoms. The zero-order chi connectivity index (χ0) is 5.91. The molecule has 0 aromatic carbocycles.